The second-order valence-electron chi connectivity index (χ2n) is 8.95. The van der Waals surface area contributed by atoms with Crippen LogP contribution >= 0.6 is 11.6 Å². The normalized spacial score (nSPS) is 23.1. The van der Waals surface area contributed by atoms with Crippen molar-refractivity contribution in [2.75, 3.05) is 25.7 Å². The van der Waals surface area contributed by atoms with Gasteiger partial charge in [0.1, 0.15) is 30.0 Å². The van der Waals surface area contributed by atoms with Crippen LogP contribution in [0, 0.1) is 23.3 Å². The molecule has 1 aromatic heterocycles. The van der Waals surface area contributed by atoms with Gasteiger partial charge in [0, 0.05) is 19.7 Å². The molecule has 2 heterocycles. The summed E-state index contributed by atoms with van der Waals surface area (Å²) < 4.78 is 109. The molecule has 0 aliphatic carbocycles. The summed E-state index contributed by atoms with van der Waals surface area (Å²) in [6.07, 6.45) is -10.6. The molecule has 1 aliphatic heterocycles. The van der Waals surface area contributed by atoms with Crippen LogP contribution in [0.1, 0.15) is 11.6 Å². The number of alkyl halides is 3. The first-order valence-electron chi connectivity index (χ1n) is 11.6. The molecular weight excluding hydrogens is 593 g/mol. The van der Waals surface area contributed by atoms with Crippen LogP contribution < -0.4 is 4.90 Å². The second-order valence-corrected chi connectivity index (χ2v) is 9.36. The lowest BCUT2D eigenvalue weighted by Crippen LogP contribution is -2.61. The zero-order valence-corrected chi connectivity index (χ0v) is 21.7. The molecule has 0 radical (unpaired) electrons. The number of aliphatic hydroxyl groups is 2. The van der Waals surface area contributed by atoms with Crippen LogP contribution in [-0.2, 0) is 20.4 Å². The lowest BCUT2D eigenvalue weighted by Gasteiger charge is -2.43. The molecule has 1 saturated heterocycles. The lowest BCUT2D eigenvalue weighted by molar-refractivity contribution is -0.211. The Morgan fingerprint density at radius 1 is 1.17 bits per heavy atom. The van der Waals surface area contributed by atoms with Gasteiger partial charge in [-0.25, -0.2) is 22.2 Å². The Bertz CT molecular complexity index is 1430. The first-order chi connectivity index (χ1) is 19.2. The number of hydrogen-bond donors (Lipinski definition) is 2. The number of amides is 1. The number of benzene rings is 2. The number of carbonyl (C=O) groups is 1. The van der Waals surface area contributed by atoms with Gasteiger partial charge in [0.15, 0.2) is 29.4 Å². The van der Waals surface area contributed by atoms with E-state index in [1.165, 1.54) is 0 Å². The van der Waals surface area contributed by atoms with Crippen molar-refractivity contribution in [2.24, 2.45) is 0 Å². The first-order valence-corrected chi connectivity index (χ1v) is 12.0. The van der Waals surface area contributed by atoms with E-state index in [9.17, 15) is 45.7 Å². The number of aromatic nitrogens is 3. The van der Waals surface area contributed by atoms with E-state index in [0.29, 0.717) is 29.2 Å². The largest absolute Gasteiger partial charge is 0.418 e. The monoisotopic (exact) mass is 612 g/mol. The maximum absolute atomic E-state index is 14.9. The molecule has 1 aliphatic rings. The molecule has 41 heavy (non-hydrogen) atoms. The standard InChI is InChI=1S/C24H20ClF7N4O5/c1-35(18-10(24(30,31)32)3-4-11(25)16(18)28)23(39)22-21(40-2)19(20(38)15(8-37)41-22)36-7-14(33-34-36)9-5-12(26)17(29)13(27)6-9/h3-7,15,19-22,37-38H,8H2,1-2H3/t15-,19+,20+,21-,22-/m1/s1. The quantitative estimate of drug-likeness (QED) is 0.324. The van der Waals surface area contributed by atoms with Crippen molar-refractivity contribution in [3.8, 4) is 11.3 Å². The zero-order chi connectivity index (χ0) is 30.4. The Morgan fingerprint density at radius 2 is 1.80 bits per heavy atom. The fourth-order valence-electron chi connectivity index (χ4n) is 4.52. The second kappa shape index (κ2) is 11.5. The molecule has 2 N–H and O–H groups in total. The predicted molar refractivity (Wildman–Crippen MR) is 127 cm³/mol. The Hall–Kier alpha value is -3.31. The Labute approximate surface area is 231 Å². The van der Waals surface area contributed by atoms with Crippen LogP contribution in [0.4, 0.5) is 36.4 Å². The third-order valence-electron chi connectivity index (χ3n) is 6.52. The van der Waals surface area contributed by atoms with Crippen LogP contribution in [0.3, 0.4) is 0 Å². The summed E-state index contributed by atoms with van der Waals surface area (Å²) in [5, 5.41) is 27.5. The van der Waals surface area contributed by atoms with Crippen molar-refractivity contribution in [2.45, 2.75) is 36.6 Å². The number of halogens is 8. The third kappa shape index (κ3) is 5.61. The van der Waals surface area contributed by atoms with Crippen LogP contribution in [0.25, 0.3) is 11.3 Å². The number of rotatable bonds is 6. The van der Waals surface area contributed by atoms with Gasteiger partial charge < -0.3 is 24.6 Å². The molecule has 0 saturated carbocycles. The molecule has 0 unspecified atom stereocenters. The first kappa shape index (κ1) is 30.6. The smallest absolute Gasteiger partial charge is 0.394 e. The van der Waals surface area contributed by atoms with Gasteiger partial charge in [-0.1, -0.05) is 16.8 Å². The SMILES string of the molecule is CO[C@@H]1[C@@H](n2cc(-c3cc(F)c(F)c(F)c3)nn2)[C@@H](O)[C@@H](CO)O[C@H]1C(=O)N(C)c1c(C(F)(F)F)ccc(Cl)c1F. The topological polar surface area (TPSA) is 110 Å². The summed E-state index contributed by atoms with van der Waals surface area (Å²) in [4.78, 5) is 13.8. The number of ether oxygens (including phenoxy) is 2. The van der Waals surface area contributed by atoms with E-state index in [2.05, 4.69) is 10.3 Å². The number of methoxy groups -OCH3 is 1. The highest BCUT2D eigenvalue weighted by molar-refractivity contribution is 6.31. The predicted octanol–water partition coefficient (Wildman–Crippen LogP) is 3.51. The Balaban J connectivity index is 1.75. The van der Waals surface area contributed by atoms with Gasteiger partial charge >= 0.3 is 6.18 Å². The van der Waals surface area contributed by atoms with Crippen LogP contribution in [0.2, 0.25) is 5.02 Å². The van der Waals surface area contributed by atoms with E-state index in [1.54, 1.807) is 0 Å². The highest BCUT2D eigenvalue weighted by Gasteiger charge is 2.51. The van der Waals surface area contributed by atoms with Gasteiger partial charge in [0.25, 0.3) is 5.91 Å². The maximum atomic E-state index is 14.9. The van der Waals surface area contributed by atoms with Crippen LogP contribution in [0.15, 0.2) is 30.5 Å². The van der Waals surface area contributed by atoms with Gasteiger partial charge in [-0.05, 0) is 24.3 Å². The molecule has 0 spiro atoms. The summed E-state index contributed by atoms with van der Waals surface area (Å²) in [5.41, 5.74) is -3.17. The molecular formula is C24H20ClF7N4O5. The fraction of sp³-hybridized carbons (Fsp3) is 0.375. The van der Waals surface area contributed by atoms with Gasteiger partial charge in [0.2, 0.25) is 0 Å². The summed E-state index contributed by atoms with van der Waals surface area (Å²) in [6, 6.07) is 0.997. The van der Waals surface area contributed by atoms with Crippen molar-refractivity contribution in [3.63, 3.8) is 0 Å². The van der Waals surface area contributed by atoms with E-state index in [4.69, 9.17) is 21.1 Å². The van der Waals surface area contributed by atoms with E-state index in [1.807, 2.05) is 0 Å². The number of aliphatic hydroxyl groups excluding tert-OH is 2. The summed E-state index contributed by atoms with van der Waals surface area (Å²) in [6.45, 7) is -0.892. The number of anilines is 1. The highest BCUT2D eigenvalue weighted by atomic mass is 35.5. The van der Waals surface area contributed by atoms with Crippen molar-refractivity contribution < 1.29 is 55.2 Å². The van der Waals surface area contributed by atoms with Gasteiger partial charge in [-0.2, -0.15) is 13.2 Å². The highest BCUT2D eigenvalue weighted by Crippen LogP contribution is 2.41. The minimum atomic E-state index is -5.09. The van der Waals surface area contributed by atoms with Crippen molar-refractivity contribution in [3.05, 3.63) is 64.3 Å². The molecule has 3 aromatic rings. The average molecular weight is 613 g/mol. The third-order valence-corrected chi connectivity index (χ3v) is 6.81. The summed E-state index contributed by atoms with van der Waals surface area (Å²) >= 11 is 5.69. The maximum Gasteiger partial charge on any atom is 0.418 e. The van der Waals surface area contributed by atoms with E-state index in [0.717, 1.165) is 25.0 Å². The molecule has 1 fully saturated rings. The zero-order valence-electron chi connectivity index (χ0n) is 20.9. The fourth-order valence-corrected chi connectivity index (χ4v) is 4.67. The van der Waals surface area contributed by atoms with Crippen molar-refractivity contribution in [1.29, 1.82) is 0 Å². The molecule has 4 rings (SSSR count). The van der Waals surface area contributed by atoms with E-state index < -0.39 is 88.7 Å². The van der Waals surface area contributed by atoms with E-state index >= 15 is 0 Å². The molecule has 5 atom stereocenters. The minimum absolute atomic E-state index is 0.201. The number of likely N-dealkylation sites (N-methyl/N-ethyl adjacent to an activating group) is 1. The summed E-state index contributed by atoms with van der Waals surface area (Å²) in [5.74, 6) is -7.58. The Kier molecular flexibility index (Phi) is 8.61. The number of carbonyl (C=O) groups excluding carboxylic acids is 1. The van der Waals surface area contributed by atoms with Gasteiger partial charge in [0.05, 0.1) is 29.1 Å². The Morgan fingerprint density at radius 3 is 2.37 bits per heavy atom. The average Bonchev–Trinajstić information content (AvgIpc) is 3.40. The molecule has 9 nitrogen and oxygen atoms in total. The number of hydrogen-bond acceptors (Lipinski definition) is 7. The van der Waals surface area contributed by atoms with Crippen LogP contribution in [-0.4, -0.2) is 76.3 Å². The molecule has 222 valence electrons. The van der Waals surface area contributed by atoms with Crippen molar-refractivity contribution in [1.82, 2.24) is 15.0 Å². The van der Waals surface area contributed by atoms with E-state index in [-0.39, 0.29) is 11.3 Å². The molecule has 1 amide bonds. The molecule has 2 aromatic carbocycles. The molecule has 0 bridgehead atoms. The lowest BCUT2D eigenvalue weighted by atomic mass is 9.91. The minimum Gasteiger partial charge on any atom is -0.394 e. The van der Waals surface area contributed by atoms with Crippen LogP contribution in [0.5, 0.6) is 0 Å². The number of nitrogens with zero attached hydrogens (tertiary/aromatic N) is 4. The summed E-state index contributed by atoms with van der Waals surface area (Å²) in [7, 11) is 1.90. The molecule has 17 heteroatoms. The van der Waals surface area contributed by atoms with Gasteiger partial charge in [-0.15, -0.1) is 5.10 Å². The van der Waals surface area contributed by atoms with Crippen molar-refractivity contribution >= 4 is 23.2 Å². The van der Waals surface area contributed by atoms with Gasteiger partial charge in [-0.3, -0.25) is 4.79 Å².